The first-order valence-corrected chi connectivity index (χ1v) is 8.55. The van der Waals surface area contributed by atoms with Gasteiger partial charge in [-0.3, -0.25) is 9.48 Å². The monoisotopic (exact) mass is 424 g/mol. The van der Waals surface area contributed by atoms with Crippen molar-refractivity contribution in [1.82, 2.24) is 14.8 Å². The van der Waals surface area contributed by atoms with Crippen molar-refractivity contribution in [3.63, 3.8) is 0 Å². The average Bonchev–Trinajstić information content (AvgIpc) is 2.93. The van der Waals surface area contributed by atoms with Crippen molar-refractivity contribution in [2.24, 2.45) is 7.05 Å². The number of halogens is 4. The van der Waals surface area contributed by atoms with Gasteiger partial charge in [0.2, 0.25) is 5.91 Å². The molecule has 30 heavy (non-hydrogen) atoms. The van der Waals surface area contributed by atoms with Gasteiger partial charge in [-0.05, 0) is 31.2 Å². The van der Waals surface area contributed by atoms with E-state index in [-0.39, 0.29) is 11.3 Å². The minimum absolute atomic E-state index is 0.0729. The molecule has 2 heterocycles. The Morgan fingerprint density at radius 3 is 2.60 bits per heavy atom. The van der Waals surface area contributed by atoms with E-state index in [2.05, 4.69) is 24.9 Å². The summed E-state index contributed by atoms with van der Waals surface area (Å²) in [7, 11) is 1.75. The molecular weight excluding hydrogens is 408 g/mol. The zero-order chi connectivity index (χ0) is 21.8. The number of rotatable bonds is 7. The third-order valence-electron chi connectivity index (χ3n) is 3.97. The van der Waals surface area contributed by atoms with Gasteiger partial charge in [0, 0.05) is 30.1 Å². The smallest absolute Gasteiger partial charge is 0.387 e. The zero-order valence-corrected chi connectivity index (χ0v) is 15.8. The van der Waals surface area contributed by atoms with Gasteiger partial charge in [0.25, 0.3) is 0 Å². The normalized spacial score (nSPS) is 11.6. The SMILES string of the molecule is Cc1nn(C)c2ncc(NC(=O)/C=C/c3ccc(OC(F)F)cc3OC(F)F)cc12. The summed E-state index contributed by atoms with van der Waals surface area (Å²) in [5, 5.41) is 7.61. The Balaban J connectivity index is 1.77. The highest BCUT2D eigenvalue weighted by molar-refractivity contribution is 6.02. The predicted octanol–water partition coefficient (Wildman–Crippen LogP) is 4.13. The average molecular weight is 424 g/mol. The minimum Gasteiger partial charge on any atom is -0.435 e. The number of hydrogen-bond donors (Lipinski definition) is 1. The lowest BCUT2D eigenvalue weighted by Gasteiger charge is -2.11. The van der Waals surface area contributed by atoms with Crippen LogP contribution >= 0.6 is 0 Å². The number of nitrogens with one attached hydrogen (secondary N) is 1. The first-order chi connectivity index (χ1) is 14.2. The number of nitrogens with zero attached hydrogens (tertiary/aromatic N) is 3. The Morgan fingerprint density at radius 1 is 1.17 bits per heavy atom. The van der Waals surface area contributed by atoms with Crippen LogP contribution in [0.25, 0.3) is 17.1 Å². The van der Waals surface area contributed by atoms with Crippen molar-refractivity contribution in [3.05, 3.63) is 47.8 Å². The number of alkyl halides is 4. The number of aromatic nitrogens is 3. The fourth-order valence-electron chi connectivity index (χ4n) is 2.75. The lowest BCUT2D eigenvalue weighted by Crippen LogP contribution is -2.08. The molecule has 1 amide bonds. The summed E-state index contributed by atoms with van der Waals surface area (Å²) in [5.74, 6) is -1.33. The van der Waals surface area contributed by atoms with E-state index in [1.54, 1.807) is 17.8 Å². The third-order valence-corrected chi connectivity index (χ3v) is 3.97. The fourth-order valence-corrected chi connectivity index (χ4v) is 2.75. The first kappa shape index (κ1) is 21.1. The Hall–Kier alpha value is -3.63. The van der Waals surface area contributed by atoms with E-state index in [4.69, 9.17) is 0 Å². The van der Waals surface area contributed by atoms with Crippen molar-refractivity contribution in [2.75, 3.05) is 5.32 Å². The van der Waals surface area contributed by atoms with Crippen molar-refractivity contribution in [3.8, 4) is 11.5 Å². The van der Waals surface area contributed by atoms with Gasteiger partial charge >= 0.3 is 13.2 Å². The number of carbonyl (C=O) groups is 1. The third kappa shape index (κ3) is 5.04. The summed E-state index contributed by atoms with van der Waals surface area (Å²) < 4.78 is 60.0. The van der Waals surface area contributed by atoms with E-state index in [9.17, 15) is 22.4 Å². The van der Waals surface area contributed by atoms with E-state index < -0.39 is 24.9 Å². The molecule has 0 atom stereocenters. The molecular formula is C19H16F4N4O3. The van der Waals surface area contributed by atoms with Crippen molar-refractivity contribution in [1.29, 1.82) is 0 Å². The van der Waals surface area contributed by atoms with Crippen LogP contribution in [0.15, 0.2) is 36.5 Å². The van der Waals surface area contributed by atoms with Gasteiger partial charge in [-0.25, -0.2) is 4.98 Å². The summed E-state index contributed by atoms with van der Waals surface area (Å²) in [4.78, 5) is 16.4. The Bertz CT molecular complexity index is 1100. The van der Waals surface area contributed by atoms with Gasteiger partial charge < -0.3 is 14.8 Å². The summed E-state index contributed by atoms with van der Waals surface area (Å²) >= 11 is 0. The molecule has 158 valence electrons. The Morgan fingerprint density at radius 2 is 1.90 bits per heavy atom. The molecule has 0 aliphatic rings. The molecule has 3 aromatic rings. The summed E-state index contributed by atoms with van der Waals surface area (Å²) in [6, 6.07) is 4.95. The fraction of sp³-hybridized carbons (Fsp3) is 0.211. The number of carbonyl (C=O) groups excluding carboxylic acids is 1. The summed E-state index contributed by atoms with van der Waals surface area (Å²) in [6.07, 6.45) is 3.75. The zero-order valence-electron chi connectivity index (χ0n) is 15.8. The van der Waals surface area contributed by atoms with Crippen LogP contribution in [-0.4, -0.2) is 33.9 Å². The van der Waals surface area contributed by atoms with E-state index in [0.29, 0.717) is 11.3 Å². The highest BCUT2D eigenvalue weighted by Crippen LogP contribution is 2.28. The Labute approximate surface area is 167 Å². The maximum absolute atomic E-state index is 12.6. The van der Waals surface area contributed by atoms with Crippen LogP contribution in [0.1, 0.15) is 11.3 Å². The quantitative estimate of drug-likeness (QED) is 0.456. The van der Waals surface area contributed by atoms with Crippen LogP contribution in [0.5, 0.6) is 11.5 Å². The maximum atomic E-state index is 12.6. The Kier molecular flexibility index (Phi) is 6.19. The van der Waals surface area contributed by atoms with Gasteiger partial charge in [-0.2, -0.15) is 22.7 Å². The highest BCUT2D eigenvalue weighted by atomic mass is 19.3. The molecule has 0 bridgehead atoms. The molecule has 0 unspecified atom stereocenters. The number of aryl methyl sites for hydroxylation is 2. The standard InChI is InChI=1S/C19H16F4N4O3/c1-10-14-7-12(9-24-17(14)27(2)26-10)25-16(28)6-4-11-3-5-13(29-18(20)21)8-15(11)30-19(22)23/h3-9,18-19H,1-2H3,(H,25,28)/b6-4+. The van der Waals surface area contributed by atoms with E-state index >= 15 is 0 Å². The van der Waals surface area contributed by atoms with Gasteiger partial charge in [0.1, 0.15) is 11.5 Å². The highest BCUT2D eigenvalue weighted by Gasteiger charge is 2.13. The summed E-state index contributed by atoms with van der Waals surface area (Å²) in [6.45, 7) is -4.50. The molecule has 7 nitrogen and oxygen atoms in total. The molecule has 0 aliphatic heterocycles. The second kappa shape index (κ2) is 8.80. The van der Waals surface area contributed by atoms with Crippen LogP contribution < -0.4 is 14.8 Å². The van der Waals surface area contributed by atoms with Crippen LogP contribution in [-0.2, 0) is 11.8 Å². The molecule has 1 aromatic carbocycles. The molecule has 0 saturated carbocycles. The number of pyridine rings is 1. The van der Waals surface area contributed by atoms with Crippen molar-refractivity contribution in [2.45, 2.75) is 20.1 Å². The number of amides is 1. The van der Waals surface area contributed by atoms with E-state index in [1.807, 2.05) is 6.92 Å². The first-order valence-electron chi connectivity index (χ1n) is 8.55. The van der Waals surface area contributed by atoms with Crippen LogP contribution in [0.4, 0.5) is 23.2 Å². The predicted molar refractivity (Wildman–Crippen MR) is 101 cm³/mol. The molecule has 11 heteroatoms. The van der Waals surface area contributed by atoms with Crippen LogP contribution in [0.2, 0.25) is 0 Å². The molecule has 0 aliphatic carbocycles. The van der Waals surface area contributed by atoms with Gasteiger partial charge in [0.05, 0.1) is 17.6 Å². The molecule has 1 N–H and O–H groups in total. The molecule has 0 radical (unpaired) electrons. The second-order valence-corrected chi connectivity index (χ2v) is 6.08. The van der Waals surface area contributed by atoms with E-state index in [1.165, 1.54) is 18.3 Å². The lowest BCUT2D eigenvalue weighted by molar-refractivity contribution is -0.111. The largest absolute Gasteiger partial charge is 0.435 e. The van der Waals surface area contributed by atoms with Crippen molar-refractivity contribution < 1.29 is 31.8 Å². The van der Waals surface area contributed by atoms with Crippen molar-refractivity contribution >= 4 is 28.7 Å². The van der Waals surface area contributed by atoms with Gasteiger partial charge in [-0.15, -0.1) is 0 Å². The molecule has 0 spiro atoms. The number of anilines is 1. The number of fused-ring (bicyclic) bond motifs is 1. The maximum Gasteiger partial charge on any atom is 0.387 e. The molecule has 3 rings (SSSR count). The van der Waals surface area contributed by atoms with Crippen LogP contribution in [0.3, 0.4) is 0 Å². The number of ether oxygens (including phenoxy) is 2. The number of benzene rings is 1. The molecule has 0 saturated heterocycles. The van der Waals surface area contributed by atoms with Gasteiger partial charge in [-0.1, -0.05) is 0 Å². The topological polar surface area (TPSA) is 78.3 Å². The lowest BCUT2D eigenvalue weighted by atomic mass is 10.1. The molecule has 2 aromatic heterocycles. The molecule has 0 fully saturated rings. The second-order valence-electron chi connectivity index (χ2n) is 6.08. The minimum atomic E-state index is -3.19. The van der Waals surface area contributed by atoms with Gasteiger partial charge in [0.15, 0.2) is 5.65 Å². The number of hydrogen-bond acceptors (Lipinski definition) is 5. The van der Waals surface area contributed by atoms with Crippen LogP contribution in [0, 0.1) is 6.92 Å². The summed E-state index contributed by atoms with van der Waals surface area (Å²) in [5.41, 5.74) is 1.88. The van der Waals surface area contributed by atoms with E-state index in [0.717, 1.165) is 29.3 Å².